The van der Waals surface area contributed by atoms with Gasteiger partial charge in [-0.15, -0.1) is 0 Å². The van der Waals surface area contributed by atoms with E-state index in [-0.39, 0.29) is 17.9 Å². The number of carboxylic acids is 1. The van der Waals surface area contributed by atoms with Gasteiger partial charge < -0.3 is 15.2 Å². The SMILES string of the molecule is O=C(O)CC=Cc1nc[nH]c1[N+](=O)[O-]. The van der Waals surface area contributed by atoms with E-state index in [0.717, 1.165) is 0 Å². The molecule has 2 N–H and O–H groups in total. The highest BCUT2D eigenvalue weighted by molar-refractivity contribution is 5.70. The monoisotopic (exact) mass is 197 g/mol. The van der Waals surface area contributed by atoms with E-state index in [9.17, 15) is 14.9 Å². The lowest BCUT2D eigenvalue weighted by molar-refractivity contribution is -0.389. The Morgan fingerprint density at radius 3 is 3.07 bits per heavy atom. The second-order valence-corrected chi connectivity index (χ2v) is 2.39. The molecule has 0 radical (unpaired) electrons. The molecule has 1 heterocycles. The van der Waals surface area contributed by atoms with Crippen LogP contribution in [-0.2, 0) is 4.79 Å². The first-order valence-corrected chi connectivity index (χ1v) is 3.67. The van der Waals surface area contributed by atoms with Crippen LogP contribution in [0.3, 0.4) is 0 Å². The average Bonchev–Trinajstić information content (AvgIpc) is 2.51. The van der Waals surface area contributed by atoms with Crippen molar-refractivity contribution >= 4 is 17.9 Å². The van der Waals surface area contributed by atoms with Crippen LogP contribution in [-0.4, -0.2) is 26.0 Å². The van der Waals surface area contributed by atoms with E-state index in [0.29, 0.717) is 0 Å². The molecule has 74 valence electrons. The fourth-order valence-corrected chi connectivity index (χ4v) is 0.838. The molecule has 0 aromatic carbocycles. The summed E-state index contributed by atoms with van der Waals surface area (Å²) in [5, 5.41) is 18.7. The zero-order chi connectivity index (χ0) is 10.6. The van der Waals surface area contributed by atoms with E-state index in [4.69, 9.17) is 5.11 Å². The van der Waals surface area contributed by atoms with E-state index in [1.54, 1.807) is 0 Å². The summed E-state index contributed by atoms with van der Waals surface area (Å²) in [5.74, 6) is -1.24. The molecule has 7 heteroatoms. The summed E-state index contributed by atoms with van der Waals surface area (Å²) < 4.78 is 0. The Labute approximate surface area is 78.2 Å². The Bertz CT molecular complexity index is 382. The minimum Gasteiger partial charge on any atom is -0.481 e. The number of carboxylic acid groups (broad SMARTS) is 1. The molecule has 0 atom stereocenters. The maximum Gasteiger partial charge on any atom is 0.347 e. The summed E-state index contributed by atoms with van der Waals surface area (Å²) in [6.45, 7) is 0. The molecule has 0 fully saturated rings. The van der Waals surface area contributed by atoms with Gasteiger partial charge in [0.05, 0.1) is 6.42 Å². The first kappa shape index (κ1) is 9.90. The van der Waals surface area contributed by atoms with Gasteiger partial charge in [-0.3, -0.25) is 4.79 Å². The van der Waals surface area contributed by atoms with Crippen molar-refractivity contribution in [2.45, 2.75) is 6.42 Å². The molecular weight excluding hydrogens is 190 g/mol. The van der Waals surface area contributed by atoms with Crippen LogP contribution < -0.4 is 0 Å². The number of carbonyl (C=O) groups is 1. The van der Waals surface area contributed by atoms with Crippen molar-refractivity contribution in [3.05, 3.63) is 28.2 Å². The summed E-state index contributed by atoms with van der Waals surface area (Å²) in [4.78, 5) is 25.9. The van der Waals surface area contributed by atoms with Gasteiger partial charge in [-0.2, -0.15) is 0 Å². The number of nitrogens with one attached hydrogen (secondary N) is 1. The Morgan fingerprint density at radius 2 is 2.50 bits per heavy atom. The standard InChI is InChI=1S/C7H7N3O4/c11-6(12)3-1-2-5-7(10(13)14)9-4-8-5/h1-2,4H,3H2,(H,8,9)(H,11,12). The minimum atomic E-state index is -1.00. The largest absolute Gasteiger partial charge is 0.481 e. The maximum atomic E-state index is 10.4. The fourth-order valence-electron chi connectivity index (χ4n) is 0.838. The Morgan fingerprint density at radius 1 is 1.79 bits per heavy atom. The highest BCUT2D eigenvalue weighted by atomic mass is 16.6. The van der Waals surface area contributed by atoms with E-state index < -0.39 is 10.9 Å². The molecule has 0 aliphatic heterocycles. The number of hydrogen-bond donors (Lipinski definition) is 2. The highest BCUT2D eigenvalue weighted by Crippen LogP contribution is 2.13. The number of rotatable bonds is 4. The lowest BCUT2D eigenvalue weighted by Crippen LogP contribution is -1.91. The van der Waals surface area contributed by atoms with Crippen LogP contribution in [0.5, 0.6) is 0 Å². The van der Waals surface area contributed by atoms with Crippen LogP contribution in [0.2, 0.25) is 0 Å². The smallest absolute Gasteiger partial charge is 0.347 e. The number of aromatic nitrogens is 2. The predicted octanol–water partition coefficient (Wildman–Crippen LogP) is 0.806. The number of nitro groups is 1. The van der Waals surface area contributed by atoms with Crippen LogP contribution in [0.15, 0.2) is 12.4 Å². The molecule has 1 aromatic heterocycles. The number of aliphatic carboxylic acids is 1. The first-order valence-electron chi connectivity index (χ1n) is 3.67. The Kier molecular flexibility index (Phi) is 2.95. The molecular formula is C7H7N3O4. The van der Waals surface area contributed by atoms with Gasteiger partial charge >= 0.3 is 11.8 Å². The molecule has 1 rings (SSSR count). The van der Waals surface area contributed by atoms with Gasteiger partial charge in [0.1, 0.15) is 0 Å². The topological polar surface area (TPSA) is 109 Å². The summed E-state index contributed by atoms with van der Waals surface area (Å²) in [7, 11) is 0. The third kappa shape index (κ3) is 2.41. The van der Waals surface area contributed by atoms with E-state index >= 15 is 0 Å². The van der Waals surface area contributed by atoms with Gasteiger partial charge in [0, 0.05) is 0 Å². The number of nitrogens with zero attached hydrogens (tertiary/aromatic N) is 2. The van der Waals surface area contributed by atoms with Crippen molar-refractivity contribution in [3.63, 3.8) is 0 Å². The number of imidazole rings is 1. The number of hydrogen-bond acceptors (Lipinski definition) is 4. The van der Waals surface area contributed by atoms with Crippen LogP contribution in [0, 0.1) is 10.1 Å². The molecule has 0 saturated heterocycles. The van der Waals surface area contributed by atoms with Crippen LogP contribution in [0.4, 0.5) is 5.82 Å². The third-order valence-electron chi connectivity index (χ3n) is 1.40. The lowest BCUT2D eigenvalue weighted by Gasteiger charge is -1.90. The molecule has 7 nitrogen and oxygen atoms in total. The normalized spacial score (nSPS) is 10.6. The van der Waals surface area contributed by atoms with Crippen molar-refractivity contribution in [2.24, 2.45) is 0 Å². The fraction of sp³-hybridized carbons (Fsp3) is 0.143. The van der Waals surface area contributed by atoms with Crippen molar-refractivity contribution in [3.8, 4) is 0 Å². The number of aromatic amines is 1. The molecule has 0 amide bonds. The second-order valence-electron chi connectivity index (χ2n) is 2.39. The summed E-state index contributed by atoms with van der Waals surface area (Å²) in [6, 6.07) is 0. The van der Waals surface area contributed by atoms with Crippen molar-refractivity contribution in [2.75, 3.05) is 0 Å². The van der Waals surface area contributed by atoms with Crippen LogP contribution in [0.1, 0.15) is 12.1 Å². The Hall–Kier alpha value is -2.18. The minimum absolute atomic E-state index is 0.122. The summed E-state index contributed by atoms with van der Waals surface area (Å²) in [6.07, 6.45) is 3.58. The maximum absolute atomic E-state index is 10.4. The molecule has 1 aromatic rings. The molecule has 14 heavy (non-hydrogen) atoms. The molecule has 0 aliphatic rings. The molecule has 0 unspecified atom stereocenters. The zero-order valence-corrected chi connectivity index (χ0v) is 7.01. The molecule has 0 saturated carbocycles. The van der Waals surface area contributed by atoms with Crippen LogP contribution >= 0.6 is 0 Å². The van der Waals surface area contributed by atoms with Crippen molar-refractivity contribution in [1.29, 1.82) is 0 Å². The van der Waals surface area contributed by atoms with Crippen LogP contribution in [0.25, 0.3) is 6.08 Å². The van der Waals surface area contributed by atoms with Gasteiger partial charge in [-0.1, -0.05) is 6.08 Å². The first-order chi connectivity index (χ1) is 6.61. The van der Waals surface area contributed by atoms with E-state index in [1.807, 2.05) is 0 Å². The average molecular weight is 197 g/mol. The Balaban J connectivity index is 2.76. The van der Waals surface area contributed by atoms with E-state index in [2.05, 4.69) is 9.97 Å². The van der Waals surface area contributed by atoms with Gasteiger partial charge in [-0.05, 0) is 11.0 Å². The number of H-pyrrole nitrogens is 1. The van der Waals surface area contributed by atoms with Crippen molar-refractivity contribution in [1.82, 2.24) is 9.97 Å². The molecule has 0 spiro atoms. The zero-order valence-electron chi connectivity index (χ0n) is 7.01. The molecule has 0 bridgehead atoms. The second kappa shape index (κ2) is 4.17. The van der Waals surface area contributed by atoms with Gasteiger partial charge in [0.15, 0.2) is 12.0 Å². The molecule has 0 aliphatic carbocycles. The predicted molar refractivity (Wildman–Crippen MR) is 46.5 cm³/mol. The quantitative estimate of drug-likeness (QED) is 0.548. The highest BCUT2D eigenvalue weighted by Gasteiger charge is 2.11. The third-order valence-corrected chi connectivity index (χ3v) is 1.40. The van der Waals surface area contributed by atoms with E-state index in [1.165, 1.54) is 18.5 Å². The van der Waals surface area contributed by atoms with Gasteiger partial charge in [0.2, 0.25) is 0 Å². The summed E-state index contributed by atoms with van der Waals surface area (Å²) in [5.41, 5.74) is 0.122. The lowest BCUT2D eigenvalue weighted by atomic mass is 10.3. The van der Waals surface area contributed by atoms with Gasteiger partial charge in [-0.25, -0.2) is 9.97 Å². The van der Waals surface area contributed by atoms with Crippen molar-refractivity contribution < 1.29 is 14.8 Å². The summed E-state index contributed by atoms with van der Waals surface area (Å²) >= 11 is 0. The van der Waals surface area contributed by atoms with Gasteiger partial charge in [0.25, 0.3) is 0 Å².